The lowest BCUT2D eigenvalue weighted by molar-refractivity contribution is 0.452. The first kappa shape index (κ1) is 13.7. The molecule has 0 spiro atoms. The largest absolute Gasteiger partial charge is 0.439 e. The summed E-state index contributed by atoms with van der Waals surface area (Å²) in [6, 6.07) is 4.54. The summed E-state index contributed by atoms with van der Waals surface area (Å²) in [7, 11) is 0. The monoisotopic (exact) mass is 280 g/mol. The number of rotatable bonds is 3. The average Bonchev–Trinajstić information content (AvgIpc) is 2.39. The van der Waals surface area contributed by atoms with Crippen molar-refractivity contribution in [2.75, 3.05) is 0 Å². The molecular weight excluding hydrogens is 267 g/mol. The molecule has 1 aromatic carbocycles. The second-order valence-corrected chi connectivity index (χ2v) is 4.59. The SMILES string of the molecule is CCc1nc(Cl)c(C)c(Oc2ccc(F)c(C)c2)n1. The summed E-state index contributed by atoms with van der Waals surface area (Å²) < 4.78 is 18.9. The number of aryl methyl sites for hydroxylation is 2. The minimum Gasteiger partial charge on any atom is -0.439 e. The Morgan fingerprint density at radius 1 is 1.26 bits per heavy atom. The summed E-state index contributed by atoms with van der Waals surface area (Å²) in [5.41, 5.74) is 1.19. The Kier molecular flexibility index (Phi) is 4.00. The van der Waals surface area contributed by atoms with Gasteiger partial charge < -0.3 is 4.74 Å². The quantitative estimate of drug-likeness (QED) is 0.789. The molecule has 1 aromatic heterocycles. The van der Waals surface area contributed by atoms with Crippen molar-refractivity contribution in [1.29, 1.82) is 0 Å². The molecule has 2 rings (SSSR count). The summed E-state index contributed by atoms with van der Waals surface area (Å²) in [5, 5.41) is 0.376. The third-order valence-electron chi connectivity index (χ3n) is 2.75. The van der Waals surface area contributed by atoms with E-state index in [0.29, 0.717) is 40.2 Å². The van der Waals surface area contributed by atoms with Crippen LogP contribution in [-0.2, 0) is 6.42 Å². The number of hydrogen-bond donors (Lipinski definition) is 0. The molecule has 5 heteroatoms. The molecule has 0 saturated heterocycles. The molecule has 0 saturated carbocycles. The fourth-order valence-electron chi connectivity index (χ4n) is 1.56. The molecule has 0 amide bonds. The molecule has 0 unspecified atom stereocenters. The van der Waals surface area contributed by atoms with Crippen molar-refractivity contribution in [3.63, 3.8) is 0 Å². The van der Waals surface area contributed by atoms with E-state index in [1.807, 2.05) is 6.92 Å². The van der Waals surface area contributed by atoms with Gasteiger partial charge in [0.2, 0.25) is 5.88 Å². The molecule has 0 aliphatic carbocycles. The summed E-state index contributed by atoms with van der Waals surface area (Å²) in [5.74, 6) is 1.28. The van der Waals surface area contributed by atoms with Gasteiger partial charge in [-0.1, -0.05) is 18.5 Å². The normalized spacial score (nSPS) is 10.6. The van der Waals surface area contributed by atoms with Crippen LogP contribution in [0.5, 0.6) is 11.6 Å². The van der Waals surface area contributed by atoms with Gasteiger partial charge in [-0.15, -0.1) is 0 Å². The molecule has 100 valence electrons. The van der Waals surface area contributed by atoms with Gasteiger partial charge >= 0.3 is 0 Å². The lowest BCUT2D eigenvalue weighted by atomic mass is 10.2. The van der Waals surface area contributed by atoms with Crippen LogP contribution in [0.2, 0.25) is 5.15 Å². The van der Waals surface area contributed by atoms with E-state index in [1.165, 1.54) is 6.07 Å². The maximum atomic E-state index is 13.2. The summed E-state index contributed by atoms with van der Waals surface area (Å²) >= 11 is 6.03. The summed E-state index contributed by atoms with van der Waals surface area (Å²) in [6.07, 6.45) is 0.665. The van der Waals surface area contributed by atoms with Crippen LogP contribution < -0.4 is 4.74 Å². The number of nitrogens with zero attached hydrogens (tertiary/aromatic N) is 2. The van der Waals surface area contributed by atoms with Gasteiger partial charge in [0, 0.05) is 12.0 Å². The number of aromatic nitrogens is 2. The van der Waals surface area contributed by atoms with Crippen molar-refractivity contribution < 1.29 is 9.13 Å². The van der Waals surface area contributed by atoms with Crippen LogP contribution >= 0.6 is 11.6 Å². The highest BCUT2D eigenvalue weighted by Crippen LogP contribution is 2.28. The highest BCUT2D eigenvalue weighted by Gasteiger charge is 2.11. The number of halogens is 2. The molecule has 19 heavy (non-hydrogen) atoms. The van der Waals surface area contributed by atoms with Crippen LogP contribution in [0.3, 0.4) is 0 Å². The Labute approximate surface area is 116 Å². The lowest BCUT2D eigenvalue weighted by Crippen LogP contribution is -2.00. The first-order valence-corrected chi connectivity index (χ1v) is 6.36. The maximum absolute atomic E-state index is 13.2. The van der Waals surface area contributed by atoms with Crippen molar-refractivity contribution in [3.8, 4) is 11.6 Å². The second-order valence-electron chi connectivity index (χ2n) is 4.23. The zero-order valence-corrected chi connectivity index (χ0v) is 11.8. The molecule has 2 aromatic rings. The van der Waals surface area contributed by atoms with E-state index in [9.17, 15) is 4.39 Å². The number of benzene rings is 1. The smallest absolute Gasteiger partial charge is 0.226 e. The fourth-order valence-corrected chi connectivity index (χ4v) is 1.74. The second kappa shape index (κ2) is 5.53. The lowest BCUT2D eigenvalue weighted by Gasteiger charge is -2.10. The van der Waals surface area contributed by atoms with Gasteiger partial charge in [0.15, 0.2) is 0 Å². The predicted octanol–water partition coefficient (Wildman–Crippen LogP) is 4.24. The Balaban J connectivity index is 2.37. The molecule has 0 atom stereocenters. The zero-order valence-electron chi connectivity index (χ0n) is 11.0. The van der Waals surface area contributed by atoms with Gasteiger partial charge in [-0.25, -0.2) is 9.37 Å². The van der Waals surface area contributed by atoms with E-state index in [1.54, 1.807) is 26.0 Å². The topological polar surface area (TPSA) is 35.0 Å². The third kappa shape index (κ3) is 3.01. The van der Waals surface area contributed by atoms with Crippen molar-refractivity contribution in [3.05, 3.63) is 46.1 Å². The average molecular weight is 281 g/mol. The van der Waals surface area contributed by atoms with Crippen LogP contribution in [0.1, 0.15) is 23.9 Å². The van der Waals surface area contributed by atoms with Gasteiger partial charge in [0.25, 0.3) is 0 Å². The molecule has 0 bridgehead atoms. The standard InChI is InChI=1S/C14H14ClFN2O/c1-4-12-17-13(15)9(3)14(18-12)19-10-5-6-11(16)8(2)7-10/h5-7H,4H2,1-3H3. The summed E-state index contributed by atoms with van der Waals surface area (Å²) in [6.45, 7) is 5.40. The van der Waals surface area contributed by atoms with Crippen LogP contribution in [0.15, 0.2) is 18.2 Å². The first-order chi connectivity index (χ1) is 9.01. The highest BCUT2D eigenvalue weighted by molar-refractivity contribution is 6.30. The van der Waals surface area contributed by atoms with Gasteiger partial charge in [-0.2, -0.15) is 4.98 Å². The van der Waals surface area contributed by atoms with Crippen LogP contribution in [0.25, 0.3) is 0 Å². The maximum Gasteiger partial charge on any atom is 0.226 e. The predicted molar refractivity (Wildman–Crippen MR) is 72.4 cm³/mol. The third-order valence-corrected chi connectivity index (χ3v) is 3.12. The van der Waals surface area contributed by atoms with Crippen molar-refractivity contribution in [2.24, 2.45) is 0 Å². The van der Waals surface area contributed by atoms with E-state index in [2.05, 4.69) is 9.97 Å². The highest BCUT2D eigenvalue weighted by atomic mass is 35.5. The van der Waals surface area contributed by atoms with Gasteiger partial charge in [0.05, 0.1) is 0 Å². The van der Waals surface area contributed by atoms with Crippen LogP contribution in [0.4, 0.5) is 4.39 Å². The minimum atomic E-state index is -0.265. The van der Waals surface area contributed by atoms with Crippen LogP contribution in [-0.4, -0.2) is 9.97 Å². The van der Waals surface area contributed by atoms with Crippen molar-refractivity contribution >= 4 is 11.6 Å². The van der Waals surface area contributed by atoms with E-state index >= 15 is 0 Å². The van der Waals surface area contributed by atoms with Gasteiger partial charge in [-0.3, -0.25) is 0 Å². The summed E-state index contributed by atoms with van der Waals surface area (Å²) in [4.78, 5) is 8.43. The Morgan fingerprint density at radius 3 is 2.63 bits per heavy atom. The minimum absolute atomic E-state index is 0.265. The number of hydrogen-bond acceptors (Lipinski definition) is 3. The first-order valence-electron chi connectivity index (χ1n) is 5.98. The van der Waals surface area contributed by atoms with E-state index in [0.717, 1.165) is 0 Å². The molecular formula is C14H14ClFN2O. The van der Waals surface area contributed by atoms with Crippen molar-refractivity contribution in [1.82, 2.24) is 9.97 Å². The number of ether oxygens (including phenoxy) is 1. The van der Waals surface area contributed by atoms with E-state index in [4.69, 9.17) is 16.3 Å². The van der Waals surface area contributed by atoms with Crippen LogP contribution in [0, 0.1) is 19.7 Å². The Hall–Kier alpha value is -1.68. The molecule has 0 N–H and O–H groups in total. The molecule has 0 radical (unpaired) electrons. The van der Waals surface area contributed by atoms with Crippen molar-refractivity contribution in [2.45, 2.75) is 27.2 Å². The fraction of sp³-hybridized carbons (Fsp3) is 0.286. The van der Waals surface area contributed by atoms with E-state index < -0.39 is 0 Å². The molecule has 0 fully saturated rings. The Bertz CT molecular complexity index is 617. The van der Waals surface area contributed by atoms with E-state index in [-0.39, 0.29) is 5.82 Å². The molecule has 3 nitrogen and oxygen atoms in total. The Morgan fingerprint density at radius 2 is 2.00 bits per heavy atom. The molecule has 1 heterocycles. The molecule has 0 aliphatic heterocycles. The zero-order chi connectivity index (χ0) is 14.0. The molecule has 0 aliphatic rings. The van der Waals surface area contributed by atoms with Gasteiger partial charge in [0.1, 0.15) is 22.5 Å². The van der Waals surface area contributed by atoms with Gasteiger partial charge in [-0.05, 0) is 37.6 Å².